The number of hydrogen-bond acceptors (Lipinski definition) is 6. The van der Waals surface area contributed by atoms with Crippen LogP contribution < -0.4 is 0 Å². The molecule has 14 heavy (non-hydrogen) atoms. The first-order valence-electron chi connectivity index (χ1n) is 3.49. The van der Waals surface area contributed by atoms with Gasteiger partial charge in [0.1, 0.15) is 0 Å². The molecule has 0 bridgehead atoms. The summed E-state index contributed by atoms with van der Waals surface area (Å²) in [6.07, 6.45) is 0. The molecular weight excluding hydrogens is 228 g/mol. The van der Waals surface area contributed by atoms with Gasteiger partial charge in [0.15, 0.2) is 0 Å². The lowest BCUT2D eigenvalue weighted by Crippen LogP contribution is -2.41. The van der Waals surface area contributed by atoms with E-state index in [4.69, 9.17) is 14.4 Å². The minimum atomic E-state index is -5.06. The van der Waals surface area contributed by atoms with E-state index in [1.54, 1.807) is 6.07 Å². The molecule has 0 fully saturated rings. The van der Waals surface area contributed by atoms with E-state index in [9.17, 15) is 8.42 Å². The second-order valence-electron chi connectivity index (χ2n) is 2.42. The van der Waals surface area contributed by atoms with Gasteiger partial charge in [0, 0.05) is 0 Å². The Morgan fingerprint density at radius 1 is 1.07 bits per heavy atom. The van der Waals surface area contributed by atoms with Crippen LogP contribution in [0.4, 0.5) is 0 Å². The molecule has 1 rings (SSSR count). The number of hydrogen-bond donors (Lipinski definition) is 3. The van der Waals surface area contributed by atoms with Crippen molar-refractivity contribution in [3.8, 4) is 0 Å². The van der Waals surface area contributed by atoms with E-state index >= 15 is 0 Å². The molecule has 0 atom stereocenters. The summed E-state index contributed by atoms with van der Waals surface area (Å²) in [6, 6.07) is 6.86. The topological polar surface area (TPSA) is 104 Å². The molecule has 0 aliphatic carbocycles. The van der Waals surface area contributed by atoms with Gasteiger partial charge in [-0.15, -0.1) is 0 Å². The molecular formula is C6H8O6SSi. The van der Waals surface area contributed by atoms with Crippen molar-refractivity contribution in [1.29, 1.82) is 0 Å². The number of benzene rings is 1. The van der Waals surface area contributed by atoms with Crippen LogP contribution >= 0.6 is 0 Å². The highest BCUT2D eigenvalue weighted by molar-refractivity contribution is 7.87. The standard InChI is InChI=1S/C6H8O6SSi/c7-13(8,12-14(9,10)11)6-4-2-1-3-5-6/h1-5,9-11H. The molecule has 0 aromatic heterocycles. The van der Waals surface area contributed by atoms with E-state index in [1.165, 1.54) is 24.3 Å². The zero-order valence-corrected chi connectivity index (χ0v) is 8.68. The van der Waals surface area contributed by atoms with Crippen molar-refractivity contribution < 1.29 is 26.7 Å². The fraction of sp³-hybridized carbons (Fsp3) is 0. The maximum atomic E-state index is 11.2. The van der Waals surface area contributed by atoms with Crippen LogP contribution in [-0.2, 0) is 14.0 Å². The molecule has 0 aliphatic heterocycles. The molecule has 0 unspecified atom stereocenters. The summed E-state index contributed by atoms with van der Waals surface area (Å²) >= 11 is 0. The summed E-state index contributed by atoms with van der Waals surface area (Å²) < 4.78 is 26.1. The Hall–Kier alpha value is -0.773. The largest absolute Gasteiger partial charge is 0.686 e. The molecule has 6 nitrogen and oxygen atoms in total. The van der Waals surface area contributed by atoms with Crippen molar-refractivity contribution >= 4 is 19.2 Å². The van der Waals surface area contributed by atoms with Crippen molar-refractivity contribution in [3.63, 3.8) is 0 Å². The summed E-state index contributed by atoms with van der Waals surface area (Å²) in [4.78, 5) is 25.1. The van der Waals surface area contributed by atoms with Crippen LogP contribution in [0.3, 0.4) is 0 Å². The highest BCUT2D eigenvalue weighted by atomic mass is 32.2. The predicted octanol–water partition coefficient (Wildman–Crippen LogP) is -1.20. The Kier molecular flexibility index (Phi) is 3.04. The third-order valence-electron chi connectivity index (χ3n) is 1.25. The maximum Gasteiger partial charge on any atom is 0.686 e. The third-order valence-corrected chi connectivity index (χ3v) is 3.87. The molecule has 0 saturated heterocycles. The van der Waals surface area contributed by atoms with Crippen LogP contribution in [0.1, 0.15) is 0 Å². The van der Waals surface area contributed by atoms with Crippen molar-refractivity contribution in [1.82, 2.24) is 0 Å². The maximum absolute atomic E-state index is 11.2. The van der Waals surface area contributed by atoms with Crippen LogP contribution in [0.2, 0.25) is 0 Å². The summed E-state index contributed by atoms with van der Waals surface area (Å²) in [5.41, 5.74) is 0. The van der Waals surface area contributed by atoms with Gasteiger partial charge >= 0.3 is 9.05 Å². The van der Waals surface area contributed by atoms with Gasteiger partial charge in [-0.1, -0.05) is 18.2 Å². The molecule has 0 saturated carbocycles. The first-order chi connectivity index (χ1) is 6.31. The van der Waals surface area contributed by atoms with Gasteiger partial charge in [-0.05, 0) is 12.1 Å². The first-order valence-corrected chi connectivity index (χ1v) is 6.65. The minimum Gasteiger partial charge on any atom is -0.367 e. The van der Waals surface area contributed by atoms with Crippen LogP contribution in [0.15, 0.2) is 35.2 Å². The highest BCUT2D eigenvalue weighted by Crippen LogP contribution is 2.13. The fourth-order valence-corrected chi connectivity index (χ4v) is 2.84. The molecule has 0 spiro atoms. The molecule has 3 N–H and O–H groups in total. The SMILES string of the molecule is O=S(=O)(O[Si](O)(O)O)c1ccccc1. The summed E-state index contributed by atoms with van der Waals surface area (Å²) in [6.45, 7) is 0. The van der Waals surface area contributed by atoms with Crippen molar-refractivity contribution in [2.24, 2.45) is 0 Å². The Balaban J connectivity index is 2.99. The van der Waals surface area contributed by atoms with Gasteiger partial charge in [0.05, 0.1) is 4.90 Å². The van der Waals surface area contributed by atoms with E-state index in [2.05, 4.69) is 3.87 Å². The van der Waals surface area contributed by atoms with Gasteiger partial charge in [-0.3, -0.25) is 0 Å². The van der Waals surface area contributed by atoms with Crippen molar-refractivity contribution in [3.05, 3.63) is 30.3 Å². The van der Waals surface area contributed by atoms with Crippen LogP contribution in [-0.4, -0.2) is 31.9 Å². The van der Waals surface area contributed by atoms with E-state index in [1.807, 2.05) is 0 Å². The van der Waals surface area contributed by atoms with Crippen molar-refractivity contribution in [2.75, 3.05) is 0 Å². The lowest BCUT2D eigenvalue weighted by molar-refractivity contribution is 0.132. The monoisotopic (exact) mass is 236 g/mol. The van der Waals surface area contributed by atoms with Gasteiger partial charge in [-0.25, -0.2) is 3.87 Å². The summed E-state index contributed by atoms with van der Waals surface area (Å²) in [7, 11) is -9.37. The second kappa shape index (κ2) is 3.77. The molecule has 0 aliphatic rings. The molecule has 0 radical (unpaired) electrons. The Labute approximate surface area is 81.6 Å². The average molecular weight is 236 g/mol. The van der Waals surface area contributed by atoms with Gasteiger partial charge in [-0.2, -0.15) is 8.42 Å². The van der Waals surface area contributed by atoms with Gasteiger partial charge in [0.25, 0.3) is 10.1 Å². The van der Waals surface area contributed by atoms with Crippen molar-refractivity contribution in [2.45, 2.75) is 4.90 Å². The van der Waals surface area contributed by atoms with Gasteiger partial charge in [0.2, 0.25) is 0 Å². The zero-order valence-electron chi connectivity index (χ0n) is 6.86. The normalized spacial score (nSPS) is 12.8. The average Bonchev–Trinajstić information content (AvgIpc) is 2.01. The Morgan fingerprint density at radius 3 is 2.00 bits per heavy atom. The zero-order chi connectivity index (χ0) is 10.8. The summed E-state index contributed by atoms with van der Waals surface area (Å²) in [5, 5.41) is 0. The summed E-state index contributed by atoms with van der Waals surface area (Å²) in [5.74, 6) is 0. The predicted molar refractivity (Wildman–Crippen MR) is 47.1 cm³/mol. The van der Waals surface area contributed by atoms with E-state index in [0.29, 0.717) is 0 Å². The molecule has 78 valence electrons. The molecule has 1 aromatic carbocycles. The minimum absolute atomic E-state index is 0.256. The Morgan fingerprint density at radius 2 is 1.57 bits per heavy atom. The Bertz CT molecular complexity index is 394. The van der Waals surface area contributed by atoms with E-state index in [-0.39, 0.29) is 4.90 Å². The quantitative estimate of drug-likeness (QED) is 0.570. The van der Waals surface area contributed by atoms with Gasteiger partial charge < -0.3 is 14.4 Å². The molecule has 0 heterocycles. The third kappa shape index (κ3) is 3.18. The van der Waals surface area contributed by atoms with Crippen LogP contribution in [0.5, 0.6) is 0 Å². The smallest absolute Gasteiger partial charge is 0.367 e. The van der Waals surface area contributed by atoms with Crippen LogP contribution in [0, 0.1) is 0 Å². The van der Waals surface area contributed by atoms with E-state index in [0.717, 1.165) is 0 Å². The fourth-order valence-electron chi connectivity index (χ4n) is 0.782. The molecule has 1 aromatic rings. The first kappa shape index (κ1) is 11.3. The lowest BCUT2D eigenvalue weighted by Gasteiger charge is -2.09. The lowest BCUT2D eigenvalue weighted by atomic mass is 10.4. The number of rotatable bonds is 3. The van der Waals surface area contributed by atoms with Crippen LogP contribution in [0.25, 0.3) is 0 Å². The highest BCUT2D eigenvalue weighted by Gasteiger charge is 2.38. The second-order valence-corrected chi connectivity index (χ2v) is 5.62. The molecule has 8 heteroatoms. The van der Waals surface area contributed by atoms with E-state index < -0.39 is 19.2 Å². The molecule has 0 amide bonds.